The van der Waals surface area contributed by atoms with Gasteiger partial charge >= 0.3 is 12.5 Å². The Morgan fingerprint density at radius 3 is 2.17 bits per heavy atom. The van der Waals surface area contributed by atoms with Gasteiger partial charge in [0.1, 0.15) is 11.4 Å². The van der Waals surface area contributed by atoms with Gasteiger partial charge < -0.3 is 9.14 Å². The van der Waals surface area contributed by atoms with Crippen LogP contribution >= 0.6 is 0 Å². The van der Waals surface area contributed by atoms with Gasteiger partial charge in [-0.3, -0.25) is 0 Å². The van der Waals surface area contributed by atoms with Crippen LogP contribution in [0.5, 0.6) is 5.75 Å². The highest BCUT2D eigenvalue weighted by atomic mass is 19.4. The number of pyridine rings is 1. The number of halogens is 6. The van der Waals surface area contributed by atoms with Crippen molar-refractivity contribution in [2.75, 3.05) is 0 Å². The van der Waals surface area contributed by atoms with E-state index in [4.69, 9.17) is 0 Å². The van der Waals surface area contributed by atoms with Crippen LogP contribution in [0.3, 0.4) is 0 Å². The molecule has 0 radical (unpaired) electrons. The Labute approximate surface area is 131 Å². The molecular weight excluding hydrogens is 338 g/mol. The van der Waals surface area contributed by atoms with Gasteiger partial charge in [0.2, 0.25) is 0 Å². The van der Waals surface area contributed by atoms with Gasteiger partial charge in [-0.15, -0.1) is 13.2 Å². The smallest absolute Gasteiger partial charge is 0.406 e. The van der Waals surface area contributed by atoms with Gasteiger partial charge in [0.15, 0.2) is 0 Å². The quantitative estimate of drug-likeness (QED) is 0.616. The number of benzene rings is 1. The molecule has 1 aromatic carbocycles. The summed E-state index contributed by atoms with van der Waals surface area (Å²) in [5.74, 6) is -0.425. The van der Waals surface area contributed by atoms with Gasteiger partial charge in [-0.1, -0.05) is 0 Å². The number of aromatic nitrogens is 2. The molecule has 0 spiro atoms. The van der Waals surface area contributed by atoms with Crippen molar-refractivity contribution < 1.29 is 31.1 Å². The normalized spacial score (nSPS) is 12.6. The minimum Gasteiger partial charge on any atom is -0.406 e. The summed E-state index contributed by atoms with van der Waals surface area (Å²) < 4.78 is 80.2. The molecule has 0 unspecified atom stereocenters. The van der Waals surface area contributed by atoms with Crippen LogP contribution in [0.15, 0.2) is 48.8 Å². The van der Waals surface area contributed by atoms with Crippen molar-refractivity contribution in [3.63, 3.8) is 0 Å². The van der Waals surface area contributed by atoms with E-state index in [2.05, 4.69) is 9.72 Å². The second-order valence-electron chi connectivity index (χ2n) is 4.85. The van der Waals surface area contributed by atoms with Crippen molar-refractivity contribution in [2.45, 2.75) is 12.5 Å². The highest BCUT2D eigenvalue weighted by Crippen LogP contribution is 2.33. The standard InChI is InChI=1S/C15H8F6N2O/c16-14(17,18)11-2-1-7-23-8-12(22-13(11)23)9-3-5-10(6-4-9)24-15(19,20)21/h1-8H. The summed E-state index contributed by atoms with van der Waals surface area (Å²) in [7, 11) is 0. The van der Waals surface area contributed by atoms with Crippen LogP contribution in [0.1, 0.15) is 5.56 Å². The van der Waals surface area contributed by atoms with Crippen LogP contribution in [-0.2, 0) is 6.18 Å². The third-order valence-corrected chi connectivity index (χ3v) is 3.17. The van der Waals surface area contributed by atoms with E-state index in [1.165, 1.54) is 35.0 Å². The Bertz CT molecular complexity index is 864. The molecule has 126 valence electrons. The van der Waals surface area contributed by atoms with E-state index in [1.807, 2.05) is 0 Å². The van der Waals surface area contributed by atoms with Crippen LogP contribution in [0.25, 0.3) is 16.9 Å². The fourth-order valence-corrected chi connectivity index (χ4v) is 2.20. The highest BCUT2D eigenvalue weighted by molar-refractivity contribution is 5.65. The maximum atomic E-state index is 13.0. The minimum absolute atomic E-state index is 0.199. The second kappa shape index (κ2) is 5.43. The first-order chi connectivity index (χ1) is 11.1. The molecule has 0 aliphatic carbocycles. The molecule has 0 atom stereocenters. The summed E-state index contributed by atoms with van der Waals surface area (Å²) in [6, 6.07) is 6.86. The minimum atomic E-state index is -4.81. The lowest BCUT2D eigenvalue weighted by atomic mass is 10.2. The van der Waals surface area contributed by atoms with E-state index in [1.54, 1.807) is 0 Å². The third-order valence-electron chi connectivity index (χ3n) is 3.17. The molecule has 0 bridgehead atoms. The number of ether oxygens (including phenoxy) is 1. The molecule has 0 amide bonds. The van der Waals surface area contributed by atoms with E-state index in [9.17, 15) is 26.3 Å². The molecule has 9 heteroatoms. The Balaban J connectivity index is 1.98. The number of alkyl halides is 6. The number of nitrogens with zero attached hydrogens (tertiary/aromatic N) is 2. The zero-order chi connectivity index (χ0) is 17.5. The molecule has 0 aliphatic rings. The first-order valence-electron chi connectivity index (χ1n) is 6.54. The van der Waals surface area contributed by atoms with Crippen LogP contribution in [0, 0.1) is 0 Å². The molecule has 0 saturated carbocycles. The van der Waals surface area contributed by atoms with Gasteiger partial charge in [-0.25, -0.2) is 4.98 Å². The lowest BCUT2D eigenvalue weighted by Gasteiger charge is -2.08. The molecule has 3 nitrogen and oxygen atoms in total. The lowest BCUT2D eigenvalue weighted by Crippen LogP contribution is -2.16. The van der Waals surface area contributed by atoms with Gasteiger partial charge in [0.05, 0.1) is 11.3 Å². The van der Waals surface area contributed by atoms with Crippen molar-refractivity contribution in [1.82, 2.24) is 9.38 Å². The Kier molecular flexibility index (Phi) is 3.66. The summed E-state index contributed by atoms with van der Waals surface area (Å²) in [6.07, 6.45) is -6.60. The molecule has 2 aromatic heterocycles. The van der Waals surface area contributed by atoms with Gasteiger partial charge in [-0.05, 0) is 36.4 Å². The fourth-order valence-electron chi connectivity index (χ4n) is 2.20. The molecule has 3 aromatic rings. The van der Waals surface area contributed by atoms with E-state index < -0.39 is 23.9 Å². The second-order valence-corrected chi connectivity index (χ2v) is 4.85. The third kappa shape index (κ3) is 3.29. The first-order valence-corrected chi connectivity index (χ1v) is 6.54. The first kappa shape index (κ1) is 16.2. The molecule has 0 aliphatic heterocycles. The molecule has 0 fully saturated rings. The molecule has 0 saturated heterocycles. The number of imidazole rings is 1. The van der Waals surface area contributed by atoms with Crippen LogP contribution in [-0.4, -0.2) is 15.7 Å². The van der Waals surface area contributed by atoms with Crippen molar-refractivity contribution in [3.8, 4) is 17.0 Å². The largest absolute Gasteiger partial charge is 0.573 e. The summed E-state index contributed by atoms with van der Waals surface area (Å²) >= 11 is 0. The molecule has 3 rings (SSSR count). The molecule has 2 heterocycles. The average molecular weight is 346 g/mol. The van der Waals surface area contributed by atoms with E-state index >= 15 is 0 Å². The fraction of sp³-hybridized carbons (Fsp3) is 0.133. The summed E-state index contributed by atoms with van der Waals surface area (Å²) in [4.78, 5) is 3.93. The van der Waals surface area contributed by atoms with Gasteiger partial charge in [0.25, 0.3) is 0 Å². The van der Waals surface area contributed by atoms with E-state index in [-0.39, 0.29) is 11.3 Å². The van der Waals surface area contributed by atoms with Gasteiger partial charge in [0, 0.05) is 18.0 Å². The van der Waals surface area contributed by atoms with Crippen LogP contribution in [0.2, 0.25) is 0 Å². The molecule has 0 N–H and O–H groups in total. The molecule has 24 heavy (non-hydrogen) atoms. The topological polar surface area (TPSA) is 26.5 Å². The average Bonchev–Trinajstić information content (AvgIpc) is 2.88. The van der Waals surface area contributed by atoms with Crippen molar-refractivity contribution in [2.24, 2.45) is 0 Å². The zero-order valence-corrected chi connectivity index (χ0v) is 11.7. The van der Waals surface area contributed by atoms with Gasteiger partial charge in [-0.2, -0.15) is 13.2 Å². The SMILES string of the molecule is FC(F)(F)Oc1ccc(-c2cn3cccc(C(F)(F)F)c3n2)cc1. The summed E-state index contributed by atoms with van der Waals surface area (Å²) in [6.45, 7) is 0. The predicted molar refractivity (Wildman–Crippen MR) is 72.3 cm³/mol. The maximum Gasteiger partial charge on any atom is 0.573 e. The number of fused-ring (bicyclic) bond motifs is 1. The van der Waals surface area contributed by atoms with E-state index in [0.717, 1.165) is 18.2 Å². The Morgan fingerprint density at radius 1 is 0.917 bits per heavy atom. The lowest BCUT2D eigenvalue weighted by molar-refractivity contribution is -0.274. The maximum absolute atomic E-state index is 13.0. The predicted octanol–water partition coefficient (Wildman–Crippen LogP) is 4.92. The van der Waals surface area contributed by atoms with E-state index in [0.29, 0.717) is 5.56 Å². The molecular formula is C15H8F6N2O. The van der Waals surface area contributed by atoms with Crippen molar-refractivity contribution in [1.29, 1.82) is 0 Å². The Morgan fingerprint density at radius 2 is 1.58 bits per heavy atom. The number of hydrogen-bond acceptors (Lipinski definition) is 2. The zero-order valence-electron chi connectivity index (χ0n) is 11.7. The Hall–Kier alpha value is -2.71. The van der Waals surface area contributed by atoms with Crippen molar-refractivity contribution >= 4 is 5.65 Å². The van der Waals surface area contributed by atoms with Crippen LogP contribution < -0.4 is 4.74 Å². The number of rotatable bonds is 2. The highest BCUT2D eigenvalue weighted by Gasteiger charge is 2.34. The summed E-state index contributed by atoms with van der Waals surface area (Å²) in [5.41, 5.74) is -0.615. The number of hydrogen-bond donors (Lipinski definition) is 0. The van der Waals surface area contributed by atoms with Crippen molar-refractivity contribution in [3.05, 3.63) is 54.4 Å². The summed E-state index contributed by atoms with van der Waals surface area (Å²) in [5, 5.41) is 0. The van der Waals surface area contributed by atoms with Crippen LogP contribution in [0.4, 0.5) is 26.3 Å². The monoisotopic (exact) mass is 346 g/mol.